The number of thiophene rings is 1. The zero-order chi connectivity index (χ0) is 18.8. The molecule has 1 aromatic heterocycles. The molecule has 7 heteroatoms. The number of aliphatic imine (C=N–C) groups is 1. The Morgan fingerprint density at radius 2 is 1.89 bits per heavy atom. The zero-order valence-electron chi connectivity index (χ0n) is 15.6. The first-order valence-corrected chi connectivity index (χ1v) is 10.6. The summed E-state index contributed by atoms with van der Waals surface area (Å²) in [7, 11) is 1.75. The summed E-state index contributed by atoms with van der Waals surface area (Å²) in [6, 6.07) is 2.13. The summed E-state index contributed by atoms with van der Waals surface area (Å²) >= 11 is 1.71. The number of fused-ring (bicyclic) bond motifs is 5. The molecule has 2 amide bonds. The first kappa shape index (κ1) is 18.2. The van der Waals surface area contributed by atoms with Gasteiger partial charge in [0.05, 0.1) is 11.8 Å². The van der Waals surface area contributed by atoms with E-state index in [2.05, 4.69) is 44.6 Å². The fraction of sp³-hybridized carbons (Fsp3) is 0.550. The van der Waals surface area contributed by atoms with E-state index >= 15 is 0 Å². The van der Waals surface area contributed by atoms with Crippen LogP contribution >= 0.6 is 11.3 Å². The molecule has 27 heavy (non-hydrogen) atoms. The largest absolute Gasteiger partial charge is 0.356 e. The molecule has 4 unspecified atom stereocenters. The molecule has 1 aromatic rings. The van der Waals surface area contributed by atoms with Crippen LogP contribution in [0.4, 0.5) is 0 Å². The van der Waals surface area contributed by atoms with Gasteiger partial charge in [0.15, 0.2) is 5.96 Å². The van der Waals surface area contributed by atoms with E-state index in [9.17, 15) is 9.59 Å². The number of hydrogen-bond donors (Lipinski definition) is 2. The number of amides is 2. The van der Waals surface area contributed by atoms with Gasteiger partial charge in [-0.2, -0.15) is 11.3 Å². The third-order valence-corrected chi connectivity index (χ3v) is 6.65. The summed E-state index contributed by atoms with van der Waals surface area (Å²) in [6.07, 6.45) is 6.93. The Balaban J connectivity index is 1.19. The minimum Gasteiger partial charge on any atom is -0.356 e. The standard InChI is InChI=1S/C20H26N4O2S/c1-21-20(23-8-5-13-6-10-27-12-13)22-7-2-9-24-18(25)16-14-3-4-15(11-14)17(16)19(24)26/h3-4,6,10,12,14-17H,2,5,7-9,11H2,1H3,(H2,21,22,23). The molecule has 144 valence electrons. The SMILES string of the molecule is CN=C(NCCCN1C(=O)C2C3C=CC(C3)C2C1=O)NCCc1ccsc1. The van der Waals surface area contributed by atoms with Crippen LogP contribution in [0.15, 0.2) is 34.0 Å². The number of allylic oxidation sites excluding steroid dienone is 2. The van der Waals surface area contributed by atoms with Gasteiger partial charge in [-0.25, -0.2) is 0 Å². The van der Waals surface area contributed by atoms with Crippen molar-refractivity contribution in [3.8, 4) is 0 Å². The fourth-order valence-electron chi connectivity index (χ4n) is 4.61. The molecule has 0 aromatic carbocycles. The highest BCUT2D eigenvalue weighted by Crippen LogP contribution is 2.52. The van der Waals surface area contributed by atoms with Gasteiger partial charge < -0.3 is 10.6 Å². The molecule has 4 rings (SSSR count). The maximum Gasteiger partial charge on any atom is 0.233 e. The Morgan fingerprint density at radius 1 is 1.19 bits per heavy atom. The molecule has 4 atom stereocenters. The first-order valence-electron chi connectivity index (χ1n) is 9.68. The van der Waals surface area contributed by atoms with Gasteiger partial charge in [0.1, 0.15) is 0 Å². The van der Waals surface area contributed by atoms with E-state index < -0.39 is 0 Å². The summed E-state index contributed by atoms with van der Waals surface area (Å²) in [5, 5.41) is 10.8. The van der Waals surface area contributed by atoms with Gasteiger partial charge in [-0.15, -0.1) is 0 Å². The van der Waals surface area contributed by atoms with Crippen molar-refractivity contribution in [1.82, 2.24) is 15.5 Å². The number of likely N-dealkylation sites (tertiary alicyclic amines) is 1. The van der Waals surface area contributed by atoms with Crippen molar-refractivity contribution in [2.45, 2.75) is 19.3 Å². The lowest BCUT2D eigenvalue weighted by molar-refractivity contribution is -0.140. The number of imide groups is 1. The topological polar surface area (TPSA) is 73.8 Å². The average Bonchev–Trinajstić information content (AvgIpc) is 3.44. The molecule has 2 bridgehead atoms. The van der Waals surface area contributed by atoms with Crippen molar-refractivity contribution in [2.75, 3.05) is 26.7 Å². The molecule has 1 aliphatic heterocycles. The lowest BCUT2D eigenvalue weighted by Gasteiger charge is -2.18. The van der Waals surface area contributed by atoms with Crippen LogP contribution in [0.5, 0.6) is 0 Å². The Labute approximate surface area is 163 Å². The van der Waals surface area contributed by atoms with Gasteiger partial charge in [-0.05, 0) is 53.5 Å². The number of carbonyl (C=O) groups excluding carboxylic acids is 2. The Bertz CT molecular complexity index is 728. The van der Waals surface area contributed by atoms with Crippen molar-refractivity contribution >= 4 is 29.1 Å². The Kier molecular flexibility index (Phi) is 5.29. The summed E-state index contributed by atoms with van der Waals surface area (Å²) in [5.41, 5.74) is 1.32. The normalized spacial score (nSPS) is 28.9. The summed E-state index contributed by atoms with van der Waals surface area (Å²) < 4.78 is 0. The second-order valence-corrected chi connectivity index (χ2v) is 8.27. The van der Waals surface area contributed by atoms with Gasteiger partial charge in [-0.3, -0.25) is 19.5 Å². The van der Waals surface area contributed by atoms with E-state index in [4.69, 9.17) is 0 Å². The predicted molar refractivity (Wildman–Crippen MR) is 106 cm³/mol. The molecule has 3 aliphatic rings. The number of guanidine groups is 1. The number of nitrogens with zero attached hydrogens (tertiary/aromatic N) is 2. The van der Waals surface area contributed by atoms with Crippen LogP contribution in [-0.2, 0) is 16.0 Å². The summed E-state index contributed by atoms with van der Waals surface area (Å²) in [6.45, 7) is 1.98. The van der Waals surface area contributed by atoms with E-state index in [1.165, 1.54) is 10.5 Å². The summed E-state index contributed by atoms with van der Waals surface area (Å²) in [5.74, 6) is 1.22. The fourth-order valence-corrected chi connectivity index (χ4v) is 5.31. The maximum atomic E-state index is 12.6. The third kappa shape index (κ3) is 3.52. The number of rotatable bonds is 7. The van der Waals surface area contributed by atoms with Crippen LogP contribution in [0.25, 0.3) is 0 Å². The Hall–Kier alpha value is -2.15. The van der Waals surface area contributed by atoms with E-state index in [-0.39, 0.29) is 35.5 Å². The highest BCUT2D eigenvalue weighted by Gasteiger charge is 2.58. The van der Waals surface area contributed by atoms with Crippen LogP contribution in [0.3, 0.4) is 0 Å². The van der Waals surface area contributed by atoms with Gasteiger partial charge in [0.25, 0.3) is 0 Å². The number of nitrogens with one attached hydrogen (secondary N) is 2. The highest BCUT2D eigenvalue weighted by molar-refractivity contribution is 7.07. The third-order valence-electron chi connectivity index (χ3n) is 5.92. The minimum absolute atomic E-state index is 0.0418. The molecule has 2 fully saturated rings. The monoisotopic (exact) mass is 386 g/mol. The predicted octanol–water partition coefficient (Wildman–Crippen LogP) is 1.65. The van der Waals surface area contributed by atoms with Crippen molar-refractivity contribution in [3.05, 3.63) is 34.5 Å². The van der Waals surface area contributed by atoms with Crippen molar-refractivity contribution in [3.63, 3.8) is 0 Å². The number of carbonyl (C=O) groups is 2. The van der Waals surface area contributed by atoms with Crippen LogP contribution < -0.4 is 10.6 Å². The van der Waals surface area contributed by atoms with Crippen molar-refractivity contribution in [2.24, 2.45) is 28.7 Å². The zero-order valence-corrected chi connectivity index (χ0v) is 16.4. The molecule has 1 saturated heterocycles. The van der Waals surface area contributed by atoms with E-state index in [1.807, 2.05) is 0 Å². The van der Waals surface area contributed by atoms with Gasteiger partial charge in [0.2, 0.25) is 11.8 Å². The van der Waals surface area contributed by atoms with Gasteiger partial charge in [-0.1, -0.05) is 12.2 Å². The lowest BCUT2D eigenvalue weighted by atomic mass is 9.85. The molecule has 2 aliphatic carbocycles. The molecule has 2 N–H and O–H groups in total. The minimum atomic E-state index is -0.0907. The quantitative estimate of drug-likeness (QED) is 0.246. The van der Waals surface area contributed by atoms with Gasteiger partial charge in [0, 0.05) is 26.7 Å². The molecule has 0 spiro atoms. The van der Waals surface area contributed by atoms with Crippen LogP contribution in [0.1, 0.15) is 18.4 Å². The lowest BCUT2D eigenvalue weighted by Crippen LogP contribution is -2.40. The Morgan fingerprint density at radius 3 is 2.52 bits per heavy atom. The smallest absolute Gasteiger partial charge is 0.233 e. The maximum absolute atomic E-state index is 12.6. The van der Waals surface area contributed by atoms with E-state index in [0.29, 0.717) is 13.1 Å². The van der Waals surface area contributed by atoms with E-state index in [0.717, 1.165) is 31.8 Å². The second-order valence-electron chi connectivity index (χ2n) is 7.49. The van der Waals surface area contributed by atoms with E-state index in [1.54, 1.807) is 18.4 Å². The van der Waals surface area contributed by atoms with Gasteiger partial charge >= 0.3 is 0 Å². The van der Waals surface area contributed by atoms with Crippen LogP contribution in [-0.4, -0.2) is 49.4 Å². The van der Waals surface area contributed by atoms with Crippen molar-refractivity contribution < 1.29 is 9.59 Å². The molecular weight excluding hydrogens is 360 g/mol. The first-order chi connectivity index (χ1) is 13.2. The molecule has 1 saturated carbocycles. The average molecular weight is 387 g/mol. The molecule has 6 nitrogen and oxygen atoms in total. The van der Waals surface area contributed by atoms with Crippen LogP contribution in [0.2, 0.25) is 0 Å². The summed E-state index contributed by atoms with van der Waals surface area (Å²) in [4.78, 5) is 31.0. The highest BCUT2D eigenvalue weighted by atomic mass is 32.1. The molecular formula is C20H26N4O2S. The molecule has 0 radical (unpaired) electrons. The van der Waals surface area contributed by atoms with Crippen molar-refractivity contribution in [1.29, 1.82) is 0 Å². The number of hydrogen-bond acceptors (Lipinski definition) is 4. The second kappa shape index (κ2) is 7.84. The molecule has 2 heterocycles. The van der Waals surface area contributed by atoms with Crippen LogP contribution in [0, 0.1) is 23.7 Å².